The van der Waals surface area contributed by atoms with Crippen molar-refractivity contribution in [3.63, 3.8) is 0 Å². The summed E-state index contributed by atoms with van der Waals surface area (Å²) in [5.74, 6) is -7.55. The number of primary amides is 1. The van der Waals surface area contributed by atoms with Gasteiger partial charge < -0.3 is 5.73 Å². The average molecular weight is 390 g/mol. The Kier molecular flexibility index (Phi) is 6.22. The molecule has 9 heteroatoms. The van der Waals surface area contributed by atoms with Crippen molar-refractivity contribution in [3.8, 4) is 0 Å². The van der Waals surface area contributed by atoms with Crippen LogP contribution in [0.4, 0.5) is 22.0 Å². The predicted molar refractivity (Wildman–Crippen MR) is 88.6 cm³/mol. The summed E-state index contributed by atoms with van der Waals surface area (Å²) in [6.45, 7) is 0.731. The summed E-state index contributed by atoms with van der Waals surface area (Å²) in [5, 5.41) is -1.12. The molecule has 1 unspecified atom stereocenters. The molecule has 1 aromatic carbocycles. The number of carbonyl (C=O) groups is 1. The van der Waals surface area contributed by atoms with E-state index >= 15 is 0 Å². The van der Waals surface area contributed by atoms with E-state index in [0.29, 0.717) is 6.07 Å². The van der Waals surface area contributed by atoms with Crippen LogP contribution in [0.2, 0.25) is 0 Å². The SMILES string of the molecule is CC(F)(F)CCSC(c1ccc(C(N)=O)nc1)c1c(F)ccc(F)c1F. The first kappa shape index (κ1) is 20.2. The van der Waals surface area contributed by atoms with Gasteiger partial charge in [0.1, 0.15) is 11.5 Å². The van der Waals surface area contributed by atoms with Crippen LogP contribution in [0, 0.1) is 17.5 Å². The zero-order valence-electron chi connectivity index (χ0n) is 13.6. The Morgan fingerprint density at radius 2 is 1.85 bits per heavy atom. The summed E-state index contributed by atoms with van der Waals surface area (Å²) in [6.07, 6.45) is 0.630. The molecule has 1 atom stereocenters. The number of nitrogens with zero attached hydrogens (tertiary/aromatic N) is 1. The molecule has 3 nitrogen and oxygen atoms in total. The van der Waals surface area contributed by atoms with Crippen molar-refractivity contribution in [2.45, 2.75) is 24.5 Å². The highest BCUT2D eigenvalue weighted by atomic mass is 32.2. The standard InChI is InChI=1S/C17H15F5N2OS/c1-17(21,22)6-7-26-15(9-2-5-12(16(23)25)24-8-9)13-10(18)3-4-11(19)14(13)20/h2-5,8,15H,6-7H2,1H3,(H2,23,25). The molecule has 1 heterocycles. The van der Waals surface area contributed by atoms with E-state index in [0.717, 1.165) is 30.9 Å². The second-order valence-corrected chi connectivity index (χ2v) is 6.88. The van der Waals surface area contributed by atoms with Gasteiger partial charge in [-0.05, 0) is 36.4 Å². The number of pyridine rings is 1. The van der Waals surface area contributed by atoms with E-state index in [1.54, 1.807) is 0 Å². The third-order valence-electron chi connectivity index (χ3n) is 3.51. The van der Waals surface area contributed by atoms with Crippen LogP contribution < -0.4 is 5.73 Å². The molecule has 2 aromatic rings. The fourth-order valence-electron chi connectivity index (χ4n) is 2.19. The molecule has 2 rings (SSSR count). The molecule has 0 aliphatic carbocycles. The first-order valence-corrected chi connectivity index (χ1v) is 8.53. The number of rotatable bonds is 7. The van der Waals surface area contributed by atoms with Crippen LogP contribution in [-0.4, -0.2) is 22.6 Å². The maximum absolute atomic E-state index is 14.2. The molecular weight excluding hydrogens is 375 g/mol. The van der Waals surface area contributed by atoms with Crippen molar-refractivity contribution in [3.05, 3.63) is 64.7 Å². The van der Waals surface area contributed by atoms with Gasteiger partial charge in [0.15, 0.2) is 11.6 Å². The molecule has 1 amide bonds. The molecule has 0 bridgehead atoms. The second-order valence-electron chi connectivity index (χ2n) is 5.67. The largest absolute Gasteiger partial charge is 0.364 e. The minimum atomic E-state index is -2.95. The zero-order chi connectivity index (χ0) is 19.5. The molecule has 0 radical (unpaired) electrons. The number of carbonyl (C=O) groups excluding carboxylic acids is 1. The lowest BCUT2D eigenvalue weighted by atomic mass is 10.0. The maximum Gasteiger partial charge on any atom is 0.267 e. The minimum Gasteiger partial charge on any atom is -0.364 e. The van der Waals surface area contributed by atoms with Gasteiger partial charge in [0.05, 0.1) is 5.25 Å². The summed E-state index contributed by atoms with van der Waals surface area (Å²) in [6, 6.07) is 4.00. The van der Waals surface area contributed by atoms with Crippen molar-refractivity contribution in [1.29, 1.82) is 0 Å². The lowest BCUT2D eigenvalue weighted by Gasteiger charge is -2.20. The van der Waals surface area contributed by atoms with Crippen LogP contribution >= 0.6 is 11.8 Å². The van der Waals surface area contributed by atoms with E-state index < -0.39 is 46.5 Å². The van der Waals surface area contributed by atoms with Crippen molar-refractivity contribution < 1.29 is 26.7 Å². The van der Waals surface area contributed by atoms with Crippen LogP contribution in [0.3, 0.4) is 0 Å². The first-order chi connectivity index (χ1) is 12.1. The van der Waals surface area contributed by atoms with Gasteiger partial charge in [-0.3, -0.25) is 9.78 Å². The Hall–Kier alpha value is -2.16. The van der Waals surface area contributed by atoms with E-state index in [4.69, 9.17) is 5.73 Å². The topological polar surface area (TPSA) is 56.0 Å². The van der Waals surface area contributed by atoms with Crippen LogP contribution in [0.25, 0.3) is 0 Å². The highest BCUT2D eigenvalue weighted by Gasteiger charge is 2.27. The number of benzene rings is 1. The monoisotopic (exact) mass is 390 g/mol. The molecule has 0 spiro atoms. The summed E-state index contributed by atoms with van der Waals surface area (Å²) in [5.41, 5.74) is 4.65. The van der Waals surface area contributed by atoms with Gasteiger partial charge in [-0.25, -0.2) is 22.0 Å². The Morgan fingerprint density at radius 3 is 2.38 bits per heavy atom. The van der Waals surface area contributed by atoms with Crippen molar-refractivity contribution >= 4 is 17.7 Å². The van der Waals surface area contributed by atoms with Crippen LogP contribution in [0.15, 0.2) is 30.5 Å². The molecule has 0 saturated heterocycles. The quantitative estimate of drug-likeness (QED) is 0.561. The van der Waals surface area contributed by atoms with Gasteiger partial charge >= 0.3 is 0 Å². The smallest absolute Gasteiger partial charge is 0.267 e. The summed E-state index contributed by atoms with van der Waals surface area (Å²) in [4.78, 5) is 14.9. The Balaban J connectivity index is 2.42. The summed E-state index contributed by atoms with van der Waals surface area (Å²) in [7, 11) is 0. The van der Waals surface area contributed by atoms with Crippen molar-refractivity contribution in [1.82, 2.24) is 4.98 Å². The molecule has 26 heavy (non-hydrogen) atoms. The predicted octanol–water partition coefficient (Wildman–Crippen LogP) is 4.47. The molecular formula is C17H15F5N2OS. The van der Waals surface area contributed by atoms with Crippen molar-refractivity contribution in [2.75, 3.05) is 5.75 Å². The summed E-state index contributed by atoms with van der Waals surface area (Å²) >= 11 is 0.823. The van der Waals surface area contributed by atoms with Crippen LogP contribution in [-0.2, 0) is 0 Å². The Bertz CT molecular complexity index is 793. The molecule has 2 N–H and O–H groups in total. The van der Waals surface area contributed by atoms with Gasteiger partial charge in [0.25, 0.3) is 5.91 Å². The third-order valence-corrected chi connectivity index (χ3v) is 4.79. The van der Waals surface area contributed by atoms with Gasteiger partial charge in [0, 0.05) is 18.2 Å². The average Bonchev–Trinajstić information content (AvgIpc) is 2.56. The fourth-order valence-corrected chi connectivity index (χ4v) is 3.62. The molecule has 140 valence electrons. The zero-order valence-corrected chi connectivity index (χ0v) is 14.4. The van der Waals surface area contributed by atoms with E-state index in [9.17, 15) is 26.7 Å². The van der Waals surface area contributed by atoms with Crippen LogP contribution in [0.1, 0.15) is 40.2 Å². The number of hydrogen-bond acceptors (Lipinski definition) is 3. The molecule has 0 saturated carbocycles. The number of nitrogens with two attached hydrogens (primary N) is 1. The lowest BCUT2D eigenvalue weighted by Crippen LogP contribution is -2.14. The number of thioether (sulfide) groups is 1. The van der Waals surface area contributed by atoms with E-state index in [-0.39, 0.29) is 17.0 Å². The minimum absolute atomic E-state index is 0.0715. The highest BCUT2D eigenvalue weighted by Crippen LogP contribution is 2.40. The molecule has 0 fully saturated rings. The fraction of sp³-hybridized carbons (Fsp3) is 0.294. The Morgan fingerprint density at radius 1 is 1.19 bits per heavy atom. The second kappa shape index (κ2) is 8.03. The number of hydrogen-bond donors (Lipinski definition) is 1. The first-order valence-electron chi connectivity index (χ1n) is 7.48. The Labute approximate surface area is 150 Å². The summed E-state index contributed by atoms with van der Waals surface area (Å²) < 4.78 is 68.1. The van der Waals surface area contributed by atoms with Gasteiger partial charge in [0.2, 0.25) is 5.92 Å². The number of halogens is 5. The number of alkyl halides is 2. The molecule has 1 aromatic heterocycles. The number of amides is 1. The molecule has 0 aliphatic rings. The van der Waals surface area contributed by atoms with Crippen LogP contribution in [0.5, 0.6) is 0 Å². The lowest BCUT2D eigenvalue weighted by molar-refractivity contribution is 0.0194. The van der Waals surface area contributed by atoms with E-state index in [1.807, 2.05) is 0 Å². The van der Waals surface area contributed by atoms with Gasteiger partial charge in [-0.1, -0.05) is 6.07 Å². The van der Waals surface area contributed by atoms with E-state index in [2.05, 4.69) is 4.98 Å². The highest BCUT2D eigenvalue weighted by molar-refractivity contribution is 7.99. The van der Waals surface area contributed by atoms with Crippen molar-refractivity contribution in [2.24, 2.45) is 5.73 Å². The third kappa shape index (κ3) is 4.94. The van der Waals surface area contributed by atoms with Gasteiger partial charge in [-0.2, -0.15) is 0 Å². The number of aromatic nitrogens is 1. The maximum atomic E-state index is 14.2. The molecule has 0 aliphatic heterocycles. The van der Waals surface area contributed by atoms with Gasteiger partial charge in [-0.15, -0.1) is 11.8 Å². The normalized spacial score (nSPS) is 12.8. The van der Waals surface area contributed by atoms with E-state index in [1.165, 1.54) is 12.1 Å².